The number of fused-ring (bicyclic) bond motifs is 2. The first-order valence-electron chi connectivity index (χ1n) is 11.0. The van der Waals surface area contributed by atoms with Crippen molar-refractivity contribution in [2.24, 2.45) is 12.5 Å². The van der Waals surface area contributed by atoms with Crippen LogP contribution in [0.15, 0.2) is 48.9 Å². The molecule has 7 nitrogen and oxygen atoms in total. The molecule has 0 unspecified atom stereocenters. The Morgan fingerprint density at radius 2 is 2.06 bits per heavy atom. The molecule has 1 aromatic carbocycles. The summed E-state index contributed by atoms with van der Waals surface area (Å²) in [5.74, 6) is -0.133. The lowest BCUT2D eigenvalue weighted by Crippen LogP contribution is -2.19. The molecule has 4 heterocycles. The third-order valence-electron chi connectivity index (χ3n) is 7.12. The molecule has 1 saturated carbocycles. The number of pyridine rings is 1. The number of amides is 1. The predicted molar refractivity (Wildman–Crippen MR) is 120 cm³/mol. The van der Waals surface area contributed by atoms with Crippen LogP contribution in [0.2, 0.25) is 0 Å². The molecule has 1 aliphatic heterocycles. The Morgan fingerprint density at radius 3 is 2.94 bits per heavy atom. The number of carbonyl (C=O) groups is 1. The van der Waals surface area contributed by atoms with Gasteiger partial charge in [0, 0.05) is 36.9 Å². The second-order valence-corrected chi connectivity index (χ2v) is 9.19. The average Bonchev–Trinajstić information content (AvgIpc) is 3.56. The van der Waals surface area contributed by atoms with E-state index < -0.39 is 0 Å². The maximum Gasteiger partial charge on any atom is 0.255 e. The van der Waals surface area contributed by atoms with Gasteiger partial charge in [0.15, 0.2) is 0 Å². The zero-order valence-corrected chi connectivity index (χ0v) is 17.6. The first kappa shape index (κ1) is 18.6. The van der Waals surface area contributed by atoms with E-state index >= 15 is 0 Å². The fourth-order valence-corrected chi connectivity index (χ4v) is 5.39. The van der Waals surface area contributed by atoms with Crippen molar-refractivity contribution in [2.75, 3.05) is 11.9 Å². The molecule has 1 saturated heterocycles. The second-order valence-electron chi connectivity index (χ2n) is 9.19. The summed E-state index contributed by atoms with van der Waals surface area (Å²) in [4.78, 5) is 17.6. The lowest BCUT2D eigenvalue weighted by molar-refractivity contribution is 0.102. The molecule has 0 bridgehead atoms. The van der Waals surface area contributed by atoms with Gasteiger partial charge in [-0.05, 0) is 55.0 Å². The maximum atomic E-state index is 12.8. The number of nitrogens with zero attached hydrogens (tertiary/aromatic N) is 4. The summed E-state index contributed by atoms with van der Waals surface area (Å²) in [5.41, 5.74) is 4.84. The molecule has 0 radical (unpaired) electrons. The van der Waals surface area contributed by atoms with E-state index in [1.807, 2.05) is 48.0 Å². The van der Waals surface area contributed by atoms with Gasteiger partial charge >= 0.3 is 0 Å². The van der Waals surface area contributed by atoms with Crippen LogP contribution in [0.3, 0.4) is 0 Å². The minimum Gasteiger partial charge on any atom is -0.321 e. The molecule has 3 aromatic heterocycles. The van der Waals surface area contributed by atoms with Crippen LogP contribution in [0.4, 0.5) is 5.69 Å². The minimum absolute atomic E-state index is 0.133. The minimum atomic E-state index is -0.133. The number of hydrogen-bond acceptors (Lipinski definition) is 4. The lowest BCUT2D eigenvalue weighted by Gasteiger charge is -2.20. The van der Waals surface area contributed by atoms with Crippen LogP contribution in [0.1, 0.15) is 54.2 Å². The van der Waals surface area contributed by atoms with Crippen molar-refractivity contribution < 1.29 is 4.79 Å². The van der Waals surface area contributed by atoms with E-state index in [2.05, 4.69) is 21.9 Å². The van der Waals surface area contributed by atoms with Gasteiger partial charge in [0.25, 0.3) is 5.91 Å². The van der Waals surface area contributed by atoms with Gasteiger partial charge in [-0.1, -0.05) is 12.8 Å². The average molecular weight is 415 g/mol. The molecule has 1 aliphatic carbocycles. The van der Waals surface area contributed by atoms with Crippen LogP contribution in [0.5, 0.6) is 0 Å². The van der Waals surface area contributed by atoms with E-state index in [9.17, 15) is 4.79 Å². The Kier molecular flexibility index (Phi) is 4.14. The SMILES string of the molecule is Cn1ncc2cc(C(=O)Nc3ccc4nc([C@H]5CC6(CCCC6)CN5)cn4c3)ccc21. The van der Waals surface area contributed by atoms with Crippen molar-refractivity contribution in [2.45, 2.75) is 38.1 Å². The van der Waals surface area contributed by atoms with Crippen LogP contribution < -0.4 is 10.6 Å². The quantitative estimate of drug-likeness (QED) is 0.530. The van der Waals surface area contributed by atoms with Crippen LogP contribution in [0.25, 0.3) is 16.6 Å². The lowest BCUT2D eigenvalue weighted by atomic mass is 9.83. The molecule has 4 aromatic rings. The predicted octanol–water partition coefficient (Wildman–Crippen LogP) is 4.07. The number of rotatable bonds is 3. The number of aryl methyl sites for hydroxylation is 1. The molecule has 2 aliphatic rings. The van der Waals surface area contributed by atoms with Crippen molar-refractivity contribution in [1.29, 1.82) is 0 Å². The molecule has 1 atom stereocenters. The van der Waals surface area contributed by atoms with Gasteiger partial charge in [-0.15, -0.1) is 0 Å². The number of imidazole rings is 1. The van der Waals surface area contributed by atoms with Gasteiger partial charge in [0.2, 0.25) is 0 Å². The summed E-state index contributed by atoms with van der Waals surface area (Å²) >= 11 is 0. The Bertz CT molecular complexity index is 1300. The topological polar surface area (TPSA) is 76.2 Å². The van der Waals surface area contributed by atoms with E-state index in [1.54, 1.807) is 10.9 Å². The zero-order chi connectivity index (χ0) is 21.0. The molecular weight excluding hydrogens is 388 g/mol. The van der Waals surface area contributed by atoms with Crippen molar-refractivity contribution in [3.63, 3.8) is 0 Å². The molecule has 1 amide bonds. The Balaban J connectivity index is 1.22. The largest absolute Gasteiger partial charge is 0.321 e. The van der Waals surface area contributed by atoms with E-state index in [0.717, 1.165) is 34.5 Å². The molecule has 31 heavy (non-hydrogen) atoms. The van der Waals surface area contributed by atoms with Gasteiger partial charge in [-0.3, -0.25) is 9.48 Å². The highest BCUT2D eigenvalue weighted by Gasteiger charge is 2.41. The molecule has 6 rings (SSSR count). The van der Waals surface area contributed by atoms with Crippen LogP contribution >= 0.6 is 0 Å². The van der Waals surface area contributed by atoms with E-state index in [-0.39, 0.29) is 5.91 Å². The maximum absolute atomic E-state index is 12.8. The third-order valence-corrected chi connectivity index (χ3v) is 7.12. The summed E-state index contributed by atoms with van der Waals surface area (Å²) in [6.45, 7) is 1.11. The van der Waals surface area contributed by atoms with Gasteiger partial charge in [0.1, 0.15) is 5.65 Å². The zero-order valence-electron chi connectivity index (χ0n) is 17.6. The monoisotopic (exact) mass is 414 g/mol. The molecule has 2 N–H and O–H groups in total. The summed E-state index contributed by atoms with van der Waals surface area (Å²) in [7, 11) is 1.89. The molecule has 7 heteroatoms. The molecule has 158 valence electrons. The summed E-state index contributed by atoms with van der Waals surface area (Å²) < 4.78 is 3.81. The van der Waals surface area contributed by atoms with Crippen molar-refractivity contribution >= 4 is 28.1 Å². The van der Waals surface area contributed by atoms with Gasteiger partial charge in [-0.2, -0.15) is 5.10 Å². The number of anilines is 1. The number of benzene rings is 1. The van der Waals surface area contributed by atoms with E-state index in [0.29, 0.717) is 17.0 Å². The number of carbonyl (C=O) groups excluding carboxylic acids is 1. The van der Waals surface area contributed by atoms with E-state index in [4.69, 9.17) is 4.98 Å². The van der Waals surface area contributed by atoms with Crippen LogP contribution in [0, 0.1) is 5.41 Å². The summed E-state index contributed by atoms with van der Waals surface area (Å²) in [5, 5.41) is 11.9. The third kappa shape index (κ3) is 3.20. The molecule has 1 spiro atoms. The number of aromatic nitrogens is 4. The Hall–Kier alpha value is -3.19. The number of hydrogen-bond donors (Lipinski definition) is 2. The molecular formula is C24H26N6O. The summed E-state index contributed by atoms with van der Waals surface area (Å²) in [6.07, 6.45) is 12.4. The fourth-order valence-electron chi connectivity index (χ4n) is 5.39. The van der Waals surface area contributed by atoms with Crippen LogP contribution in [-0.4, -0.2) is 31.6 Å². The first-order chi connectivity index (χ1) is 15.1. The van der Waals surface area contributed by atoms with Crippen molar-refractivity contribution in [3.8, 4) is 0 Å². The molecule has 2 fully saturated rings. The normalized spacial score (nSPS) is 20.2. The summed E-state index contributed by atoms with van der Waals surface area (Å²) in [6, 6.07) is 9.82. The smallest absolute Gasteiger partial charge is 0.255 e. The first-order valence-corrected chi connectivity index (χ1v) is 11.0. The highest BCUT2D eigenvalue weighted by molar-refractivity contribution is 6.06. The van der Waals surface area contributed by atoms with Gasteiger partial charge < -0.3 is 15.0 Å². The standard InChI is InChI=1S/C24H26N6O/c1-29-21-6-4-16(10-17(21)12-26-29)23(31)27-18-5-7-22-28-20(14-30(22)13-18)19-11-24(15-25-19)8-2-3-9-24/h4-7,10,12-14,19,25H,2-3,8-9,11,15H2,1H3,(H,27,31)/t19-/m1/s1. The number of nitrogens with one attached hydrogen (secondary N) is 2. The van der Waals surface area contributed by atoms with Crippen molar-refractivity contribution in [3.05, 3.63) is 60.2 Å². The second kappa shape index (κ2) is 6.92. The van der Waals surface area contributed by atoms with E-state index in [1.165, 1.54) is 32.1 Å². The Morgan fingerprint density at radius 1 is 1.19 bits per heavy atom. The van der Waals surface area contributed by atoms with Crippen molar-refractivity contribution in [1.82, 2.24) is 24.5 Å². The fraction of sp³-hybridized carbons (Fsp3) is 0.375. The van der Waals surface area contributed by atoms with Crippen LogP contribution in [-0.2, 0) is 7.05 Å². The Labute approximate surface area is 180 Å². The highest BCUT2D eigenvalue weighted by Crippen LogP contribution is 2.47. The van der Waals surface area contributed by atoms with Gasteiger partial charge in [0.05, 0.1) is 29.1 Å². The van der Waals surface area contributed by atoms with Gasteiger partial charge in [-0.25, -0.2) is 4.98 Å². The highest BCUT2D eigenvalue weighted by atomic mass is 16.1.